The smallest absolute Gasteiger partial charge is 0.249 e. The highest BCUT2D eigenvalue weighted by atomic mass is 79.9. The fourth-order valence-corrected chi connectivity index (χ4v) is 2.66. The number of nitrogens with zero attached hydrogens (tertiary/aromatic N) is 1. The van der Waals surface area contributed by atoms with Gasteiger partial charge in [0.15, 0.2) is 0 Å². The summed E-state index contributed by atoms with van der Waals surface area (Å²) in [6.45, 7) is 0. The molecule has 4 nitrogen and oxygen atoms in total. The summed E-state index contributed by atoms with van der Waals surface area (Å²) in [4.78, 5) is 22.9. The van der Waals surface area contributed by atoms with E-state index in [1.165, 1.54) is 0 Å². The zero-order valence-corrected chi connectivity index (χ0v) is 11.1. The minimum absolute atomic E-state index is 0.185. The first-order valence-electron chi connectivity index (χ1n) is 5.74. The Morgan fingerprint density at radius 1 is 1.22 bits per heavy atom. The fourth-order valence-electron chi connectivity index (χ4n) is 2.28. The van der Waals surface area contributed by atoms with E-state index >= 15 is 0 Å². The minimum Gasteiger partial charge on any atom is -0.341 e. The molecule has 1 N–H and O–H groups in total. The van der Waals surface area contributed by atoms with Crippen LogP contribution < -0.4 is 5.32 Å². The Hall–Kier alpha value is -1.62. The van der Waals surface area contributed by atoms with Crippen molar-refractivity contribution < 1.29 is 9.59 Å². The van der Waals surface area contributed by atoms with Gasteiger partial charge >= 0.3 is 0 Å². The van der Waals surface area contributed by atoms with Gasteiger partial charge in [0.1, 0.15) is 6.04 Å². The molecule has 1 aliphatic rings. The minimum atomic E-state index is -0.283. The zero-order valence-electron chi connectivity index (χ0n) is 9.52. The molecule has 1 fully saturated rings. The number of aromatic nitrogens is 1. The van der Waals surface area contributed by atoms with E-state index in [2.05, 4.69) is 21.2 Å². The first-order chi connectivity index (χ1) is 8.63. The standard InChI is InChI=1S/C13H11BrN2O2/c14-10-2-1-8-6-16(7-9(8)5-10)11-3-4-12(17)15-13(11)18/h1-2,5-7,11H,3-4H2,(H,15,17,18). The molecule has 1 saturated heterocycles. The maximum atomic E-state index is 11.8. The van der Waals surface area contributed by atoms with Crippen LogP contribution >= 0.6 is 15.9 Å². The highest BCUT2D eigenvalue weighted by molar-refractivity contribution is 9.10. The van der Waals surface area contributed by atoms with Gasteiger partial charge in [-0.15, -0.1) is 0 Å². The van der Waals surface area contributed by atoms with Crippen molar-refractivity contribution in [3.8, 4) is 0 Å². The van der Waals surface area contributed by atoms with Gasteiger partial charge in [-0.25, -0.2) is 0 Å². The van der Waals surface area contributed by atoms with Crippen molar-refractivity contribution in [2.24, 2.45) is 0 Å². The van der Waals surface area contributed by atoms with Gasteiger partial charge in [0.25, 0.3) is 0 Å². The first-order valence-corrected chi connectivity index (χ1v) is 6.53. The van der Waals surface area contributed by atoms with Crippen LogP contribution in [0.2, 0.25) is 0 Å². The molecule has 2 aromatic rings. The Morgan fingerprint density at radius 2 is 2.00 bits per heavy atom. The van der Waals surface area contributed by atoms with Gasteiger partial charge in [-0.2, -0.15) is 0 Å². The number of carbonyl (C=O) groups excluding carboxylic acids is 2. The molecule has 1 aliphatic heterocycles. The third-order valence-corrected chi connectivity index (χ3v) is 3.69. The Balaban J connectivity index is 1.99. The van der Waals surface area contributed by atoms with E-state index < -0.39 is 0 Å². The average molecular weight is 307 g/mol. The molecule has 92 valence electrons. The van der Waals surface area contributed by atoms with Crippen LogP contribution in [0.4, 0.5) is 0 Å². The van der Waals surface area contributed by atoms with Crippen molar-refractivity contribution in [3.63, 3.8) is 0 Å². The number of benzene rings is 1. The second kappa shape index (κ2) is 4.24. The molecule has 0 saturated carbocycles. The molecule has 0 spiro atoms. The van der Waals surface area contributed by atoms with Crippen molar-refractivity contribution in [2.45, 2.75) is 18.9 Å². The second-order valence-electron chi connectivity index (χ2n) is 4.45. The van der Waals surface area contributed by atoms with Gasteiger partial charge in [0.2, 0.25) is 11.8 Å². The van der Waals surface area contributed by atoms with Crippen molar-refractivity contribution in [2.75, 3.05) is 0 Å². The molecule has 1 unspecified atom stereocenters. The molecule has 0 aliphatic carbocycles. The van der Waals surface area contributed by atoms with Crippen molar-refractivity contribution in [3.05, 3.63) is 35.1 Å². The van der Waals surface area contributed by atoms with Crippen LogP contribution in [0.15, 0.2) is 35.1 Å². The molecule has 1 atom stereocenters. The lowest BCUT2D eigenvalue weighted by molar-refractivity contribution is -0.135. The molecular formula is C13H11BrN2O2. The van der Waals surface area contributed by atoms with Gasteiger partial charge in [-0.1, -0.05) is 22.0 Å². The summed E-state index contributed by atoms with van der Waals surface area (Å²) in [6, 6.07) is 5.70. The van der Waals surface area contributed by atoms with Crippen molar-refractivity contribution >= 4 is 38.5 Å². The van der Waals surface area contributed by atoms with Crippen LogP contribution in [0.5, 0.6) is 0 Å². The summed E-state index contributed by atoms with van der Waals surface area (Å²) in [7, 11) is 0. The lowest BCUT2D eigenvalue weighted by Crippen LogP contribution is -2.41. The summed E-state index contributed by atoms with van der Waals surface area (Å²) in [6.07, 6.45) is 4.85. The zero-order chi connectivity index (χ0) is 12.7. The predicted molar refractivity (Wildman–Crippen MR) is 71.1 cm³/mol. The molecule has 2 heterocycles. The average Bonchev–Trinajstić information content (AvgIpc) is 2.71. The molecule has 18 heavy (non-hydrogen) atoms. The topological polar surface area (TPSA) is 51.1 Å². The lowest BCUT2D eigenvalue weighted by atomic mass is 10.1. The number of hydrogen-bond donors (Lipinski definition) is 1. The maximum absolute atomic E-state index is 11.8. The van der Waals surface area contributed by atoms with Crippen LogP contribution in [0.1, 0.15) is 18.9 Å². The molecule has 5 heteroatoms. The summed E-state index contributed by atoms with van der Waals surface area (Å²) < 4.78 is 2.90. The quantitative estimate of drug-likeness (QED) is 0.822. The molecule has 1 aromatic carbocycles. The Bertz CT molecular complexity index is 647. The summed E-state index contributed by atoms with van der Waals surface area (Å²) in [5.41, 5.74) is 0. The van der Waals surface area contributed by atoms with Gasteiger partial charge < -0.3 is 4.57 Å². The van der Waals surface area contributed by atoms with E-state index in [-0.39, 0.29) is 17.9 Å². The number of piperidine rings is 1. The highest BCUT2D eigenvalue weighted by Gasteiger charge is 2.27. The highest BCUT2D eigenvalue weighted by Crippen LogP contribution is 2.25. The predicted octanol–water partition coefficient (Wildman–Crippen LogP) is 2.38. The van der Waals surface area contributed by atoms with Gasteiger partial charge in [0, 0.05) is 28.7 Å². The number of carbonyl (C=O) groups is 2. The SMILES string of the molecule is O=C1CCC(n2cc3ccc(Br)cc3c2)C(=O)N1. The van der Waals surface area contributed by atoms with Crippen LogP contribution in [-0.2, 0) is 9.59 Å². The number of hydrogen-bond acceptors (Lipinski definition) is 2. The molecule has 0 bridgehead atoms. The summed E-state index contributed by atoms with van der Waals surface area (Å²) in [5, 5.41) is 4.54. The number of halogens is 1. The first kappa shape index (κ1) is 11.5. The normalized spacial score (nSPS) is 20.2. The monoisotopic (exact) mass is 306 g/mol. The molecule has 0 radical (unpaired) electrons. The second-order valence-corrected chi connectivity index (χ2v) is 5.36. The summed E-state index contributed by atoms with van der Waals surface area (Å²) >= 11 is 3.42. The van der Waals surface area contributed by atoms with E-state index in [9.17, 15) is 9.59 Å². The Morgan fingerprint density at radius 3 is 2.78 bits per heavy atom. The van der Waals surface area contributed by atoms with E-state index in [4.69, 9.17) is 0 Å². The Kier molecular flexibility index (Phi) is 2.70. The van der Waals surface area contributed by atoms with E-state index in [1.807, 2.05) is 35.2 Å². The number of fused-ring (bicyclic) bond motifs is 1. The summed E-state index contributed by atoms with van der Waals surface area (Å²) in [5.74, 6) is -0.402. The molecule has 2 amide bonds. The fraction of sp³-hybridized carbons (Fsp3) is 0.231. The maximum Gasteiger partial charge on any atom is 0.249 e. The van der Waals surface area contributed by atoms with Crippen molar-refractivity contribution in [1.29, 1.82) is 0 Å². The molecular weight excluding hydrogens is 296 g/mol. The third kappa shape index (κ3) is 1.95. The van der Waals surface area contributed by atoms with Crippen molar-refractivity contribution in [1.82, 2.24) is 9.88 Å². The number of imide groups is 1. The number of amides is 2. The number of nitrogens with one attached hydrogen (secondary N) is 1. The Labute approximate surface area is 112 Å². The number of rotatable bonds is 1. The van der Waals surface area contributed by atoms with E-state index in [1.54, 1.807) is 0 Å². The van der Waals surface area contributed by atoms with E-state index in [0.29, 0.717) is 12.8 Å². The van der Waals surface area contributed by atoms with Gasteiger partial charge in [-0.05, 0) is 23.9 Å². The lowest BCUT2D eigenvalue weighted by Gasteiger charge is -2.21. The molecule has 3 rings (SSSR count). The van der Waals surface area contributed by atoms with Crippen LogP contribution in [0.3, 0.4) is 0 Å². The van der Waals surface area contributed by atoms with Crippen LogP contribution in [0.25, 0.3) is 10.8 Å². The molecule has 1 aromatic heterocycles. The third-order valence-electron chi connectivity index (χ3n) is 3.20. The van der Waals surface area contributed by atoms with Gasteiger partial charge in [0.05, 0.1) is 0 Å². The van der Waals surface area contributed by atoms with Crippen LogP contribution in [-0.4, -0.2) is 16.4 Å². The largest absolute Gasteiger partial charge is 0.341 e. The van der Waals surface area contributed by atoms with E-state index in [0.717, 1.165) is 15.2 Å². The van der Waals surface area contributed by atoms with Gasteiger partial charge in [-0.3, -0.25) is 14.9 Å². The van der Waals surface area contributed by atoms with Crippen LogP contribution in [0, 0.1) is 0 Å².